The van der Waals surface area contributed by atoms with Crippen LogP contribution in [0.4, 0.5) is 0 Å². The first-order valence-corrected chi connectivity index (χ1v) is 5.65. The highest BCUT2D eigenvalue weighted by Gasteiger charge is 2.28. The molecule has 0 bridgehead atoms. The number of hydrogen-bond acceptors (Lipinski definition) is 3. The Morgan fingerprint density at radius 3 is 3.00 bits per heavy atom. The summed E-state index contributed by atoms with van der Waals surface area (Å²) in [6.45, 7) is 4.42. The number of hydrogen-bond donors (Lipinski definition) is 2. The fourth-order valence-corrected chi connectivity index (χ4v) is 1.72. The Bertz CT molecular complexity index is 349. The summed E-state index contributed by atoms with van der Waals surface area (Å²) in [5.74, 6) is 0.700. The van der Waals surface area contributed by atoms with Crippen LogP contribution in [0.15, 0.2) is 24.4 Å². The molecule has 2 rings (SSSR count). The Morgan fingerprint density at radius 1 is 1.62 bits per heavy atom. The van der Waals surface area contributed by atoms with Gasteiger partial charge in [-0.05, 0) is 31.1 Å². The summed E-state index contributed by atoms with van der Waals surface area (Å²) in [7, 11) is 0. The number of carbonyl (C=O) groups excluding carboxylic acids is 1. The Kier molecular flexibility index (Phi) is 3.51. The SMILES string of the molecule is CC(C(=O)NCc1ccccn1)C1CNC1. The molecule has 2 heterocycles. The van der Waals surface area contributed by atoms with Gasteiger partial charge in [-0.3, -0.25) is 9.78 Å². The van der Waals surface area contributed by atoms with Crippen LogP contribution in [0.25, 0.3) is 0 Å². The third-order valence-corrected chi connectivity index (χ3v) is 3.10. The molecule has 1 aromatic rings. The van der Waals surface area contributed by atoms with E-state index in [4.69, 9.17) is 0 Å². The summed E-state index contributed by atoms with van der Waals surface area (Å²) in [6, 6.07) is 5.71. The maximum absolute atomic E-state index is 11.8. The molecule has 1 aliphatic heterocycles. The molecule has 1 aromatic heterocycles. The summed E-state index contributed by atoms with van der Waals surface area (Å²) >= 11 is 0. The van der Waals surface area contributed by atoms with E-state index in [-0.39, 0.29) is 11.8 Å². The monoisotopic (exact) mass is 219 g/mol. The Hall–Kier alpha value is -1.42. The van der Waals surface area contributed by atoms with Crippen molar-refractivity contribution in [1.82, 2.24) is 15.6 Å². The van der Waals surface area contributed by atoms with Crippen molar-refractivity contribution in [2.24, 2.45) is 11.8 Å². The number of pyridine rings is 1. The largest absolute Gasteiger partial charge is 0.350 e. The number of aromatic nitrogens is 1. The predicted octanol–water partition coefficient (Wildman–Crippen LogP) is 0.553. The van der Waals surface area contributed by atoms with Gasteiger partial charge in [0.15, 0.2) is 0 Å². The van der Waals surface area contributed by atoms with Crippen molar-refractivity contribution in [3.05, 3.63) is 30.1 Å². The second-order valence-electron chi connectivity index (χ2n) is 4.25. The van der Waals surface area contributed by atoms with Crippen molar-refractivity contribution in [1.29, 1.82) is 0 Å². The van der Waals surface area contributed by atoms with E-state index in [1.807, 2.05) is 25.1 Å². The van der Waals surface area contributed by atoms with Gasteiger partial charge in [-0.2, -0.15) is 0 Å². The van der Waals surface area contributed by atoms with Crippen molar-refractivity contribution in [2.75, 3.05) is 13.1 Å². The van der Waals surface area contributed by atoms with Crippen LogP contribution in [-0.4, -0.2) is 24.0 Å². The molecule has 4 heteroatoms. The van der Waals surface area contributed by atoms with E-state index >= 15 is 0 Å². The maximum atomic E-state index is 11.8. The zero-order valence-electron chi connectivity index (χ0n) is 9.44. The van der Waals surface area contributed by atoms with Crippen LogP contribution < -0.4 is 10.6 Å². The smallest absolute Gasteiger partial charge is 0.223 e. The van der Waals surface area contributed by atoms with E-state index in [0.717, 1.165) is 18.8 Å². The van der Waals surface area contributed by atoms with Crippen LogP contribution in [0.5, 0.6) is 0 Å². The molecule has 16 heavy (non-hydrogen) atoms. The predicted molar refractivity (Wildman–Crippen MR) is 61.6 cm³/mol. The minimum Gasteiger partial charge on any atom is -0.350 e. The van der Waals surface area contributed by atoms with Gasteiger partial charge in [-0.15, -0.1) is 0 Å². The minimum atomic E-state index is 0.0879. The summed E-state index contributed by atoms with van der Waals surface area (Å²) < 4.78 is 0. The van der Waals surface area contributed by atoms with Gasteiger partial charge in [-0.25, -0.2) is 0 Å². The van der Waals surface area contributed by atoms with Crippen molar-refractivity contribution >= 4 is 5.91 Å². The van der Waals surface area contributed by atoms with Gasteiger partial charge in [0.2, 0.25) is 5.91 Å². The second-order valence-corrected chi connectivity index (χ2v) is 4.25. The van der Waals surface area contributed by atoms with E-state index in [9.17, 15) is 4.79 Å². The first kappa shape index (κ1) is 11.1. The molecule has 0 saturated carbocycles. The molecule has 0 aromatic carbocycles. The van der Waals surface area contributed by atoms with Gasteiger partial charge in [-0.1, -0.05) is 13.0 Å². The average molecular weight is 219 g/mol. The fraction of sp³-hybridized carbons (Fsp3) is 0.500. The molecular formula is C12H17N3O. The zero-order valence-corrected chi connectivity index (χ0v) is 9.44. The van der Waals surface area contributed by atoms with Gasteiger partial charge in [0.25, 0.3) is 0 Å². The third kappa shape index (κ3) is 2.58. The standard InChI is InChI=1S/C12H17N3O/c1-9(10-6-13-7-10)12(16)15-8-11-4-2-3-5-14-11/h2-5,9-10,13H,6-8H2,1H3,(H,15,16). The highest BCUT2D eigenvalue weighted by molar-refractivity contribution is 5.78. The third-order valence-electron chi connectivity index (χ3n) is 3.10. The highest BCUT2D eigenvalue weighted by Crippen LogP contribution is 2.15. The molecule has 2 N–H and O–H groups in total. The Labute approximate surface area is 95.5 Å². The van der Waals surface area contributed by atoms with E-state index < -0.39 is 0 Å². The molecule has 1 aliphatic rings. The molecule has 1 amide bonds. The van der Waals surface area contributed by atoms with Gasteiger partial charge in [0.1, 0.15) is 0 Å². The van der Waals surface area contributed by atoms with E-state index in [1.54, 1.807) is 6.20 Å². The maximum Gasteiger partial charge on any atom is 0.223 e. The van der Waals surface area contributed by atoms with Crippen LogP contribution in [-0.2, 0) is 11.3 Å². The number of nitrogens with one attached hydrogen (secondary N) is 2. The number of rotatable bonds is 4. The lowest BCUT2D eigenvalue weighted by Gasteiger charge is -2.31. The molecule has 0 radical (unpaired) electrons. The summed E-state index contributed by atoms with van der Waals surface area (Å²) in [6.07, 6.45) is 1.74. The van der Waals surface area contributed by atoms with Crippen molar-refractivity contribution < 1.29 is 4.79 Å². The molecule has 1 unspecified atom stereocenters. The topological polar surface area (TPSA) is 54.0 Å². The molecule has 1 atom stereocenters. The van der Waals surface area contributed by atoms with E-state index in [0.29, 0.717) is 12.5 Å². The molecule has 1 saturated heterocycles. The second kappa shape index (κ2) is 5.07. The zero-order chi connectivity index (χ0) is 11.4. The highest BCUT2D eigenvalue weighted by atomic mass is 16.1. The number of amides is 1. The quantitative estimate of drug-likeness (QED) is 0.777. The summed E-state index contributed by atoms with van der Waals surface area (Å²) in [5, 5.41) is 6.10. The molecular weight excluding hydrogens is 202 g/mol. The van der Waals surface area contributed by atoms with Gasteiger partial charge >= 0.3 is 0 Å². The average Bonchev–Trinajstić information content (AvgIpc) is 2.25. The minimum absolute atomic E-state index is 0.0879. The molecule has 1 fully saturated rings. The molecule has 0 spiro atoms. The van der Waals surface area contributed by atoms with Crippen LogP contribution in [0.1, 0.15) is 12.6 Å². The Balaban J connectivity index is 1.79. The Morgan fingerprint density at radius 2 is 2.44 bits per heavy atom. The first-order chi connectivity index (χ1) is 7.77. The number of nitrogens with zero attached hydrogens (tertiary/aromatic N) is 1. The summed E-state index contributed by atoms with van der Waals surface area (Å²) in [4.78, 5) is 15.9. The molecule has 4 nitrogen and oxygen atoms in total. The van der Waals surface area contributed by atoms with Crippen LogP contribution in [0, 0.1) is 11.8 Å². The lowest BCUT2D eigenvalue weighted by molar-refractivity contribution is -0.126. The normalized spacial score (nSPS) is 17.6. The van der Waals surface area contributed by atoms with Crippen molar-refractivity contribution in [3.63, 3.8) is 0 Å². The molecule has 86 valence electrons. The van der Waals surface area contributed by atoms with Gasteiger partial charge in [0.05, 0.1) is 12.2 Å². The van der Waals surface area contributed by atoms with Gasteiger partial charge < -0.3 is 10.6 Å². The molecule has 0 aliphatic carbocycles. The van der Waals surface area contributed by atoms with Crippen LogP contribution in [0.2, 0.25) is 0 Å². The van der Waals surface area contributed by atoms with Crippen LogP contribution >= 0.6 is 0 Å². The lowest BCUT2D eigenvalue weighted by atomic mass is 9.88. The number of carbonyl (C=O) groups is 1. The fourth-order valence-electron chi connectivity index (χ4n) is 1.72. The van der Waals surface area contributed by atoms with E-state index in [1.165, 1.54) is 0 Å². The van der Waals surface area contributed by atoms with Crippen LogP contribution in [0.3, 0.4) is 0 Å². The van der Waals surface area contributed by atoms with Crippen molar-refractivity contribution in [2.45, 2.75) is 13.5 Å². The van der Waals surface area contributed by atoms with E-state index in [2.05, 4.69) is 15.6 Å². The first-order valence-electron chi connectivity index (χ1n) is 5.65. The summed E-state index contributed by atoms with van der Waals surface area (Å²) in [5.41, 5.74) is 0.898. The van der Waals surface area contributed by atoms with Gasteiger partial charge in [0, 0.05) is 12.1 Å². The van der Waals surface area contributed by atoms with Crippen molar-refractivity contribution in [3.8, 4) is 0 Å². The lowest BCUT2D eigenvalue weighted by Crippen LogP contribution is -2.49.